The van der Waals surface area contributed by atoms with Crippen LogP contribution in [0.5, 0.6) is 0 Å². The van der Waals surface area contributed by atoms with Gasteiger partial charge in [0.2, 0.25) is 0 Å². The Kier molecular flexibility index (Phi) is 5.79. The Labute approximate surface area is 127 Å². The van der Waals surface area contributed by atoms with E-state index in [0.29, 0.717) is 17.9 Å². The average Bonchev–Trinajstić information content (AvgIpc) is 2.53. The predicted molar refractivity (Wildman–Crippen MR) is 84.0 cm³/mol. The summed E-state index contributed by atoms with van der Waals surface area (Å²) < 4.78 is 24.7. The van der Waals surface area contributed by atoms with Gasteiger partial charge in [0.25, 0.3) is 0 Å². The van der Waals surface area contributed by atoms with Crippen molar-refractivity contribution in [3.05, 3.63) is 30.3 Å². The summed E-state index contributed by atoms with van der Waals surface area (Å²) in [4.78, 5) is 2.53. The number of aliphatic hydroxyl groups excluding tert-OH is 1. The van der Waals surface area contributed by atoms with E-state index in [1.54, 1.807) is 24.3 Å². The van der Waals surface area contributed by atoms with E-state index in [1.807, 2.05) is 13.0 Å². The molecule has 4 nitrogen and oxygen atoms in total. The van der Waals surface area contributed by atoms with Crippen molar-refractivity contribution in [1.29, 1.82) is 0 Å². The first kappa shape index (κ1) is 16.5. The number of hydrogen-bond donors (Lipinski definition) is 1. The molecule has 0 saturated carbocycles. The number of nitrogens with zero attached hydrogens (tertiary/aromatic N) is 1. The lowest BCUT2D eigenvalue weighted by Gasteiger charge is -2.38. The van der Waals surface area contributed by atoms with Gasteiger partial charge in [-0.05, 0) is 37.9 Å². The maximum absolute atomic E-state index is 12.3. The van der Waals surface area contributed by atoms with E-state index in [1.165, 1.54) is 0 Å². The van der Waals surface area contributed by atoms with Gasteiger partial charge >= 0.3 is 0 Å². The zero-order chi connectivity index (χ0) is 15.3. The molecule has 118 valence electrons. The summed E-state index contributed by atoms with van der Waals surface area (Å²) in [7, 11) is -3.24. The molecule has 0 radical (unpaired) electrons. The molecule has 2 rings (SSSR count). The smallest absolute Gasteiger partial charge is 0.179 e. The monoisotopic (exact) mass is 311 g/mol. The van der Waals surface area contributed by atoms with Crippen LogP contribution < -0.4 is 0 Å². The largest absolute Gasteiger partial charge is 0.392 e. The van der Waals surface area contributed by atoms with Gasteiger partial charge in [-0.25, -0.2) is 8.42 Å². The predicted octanol–water partition coefficient (Wildman–Crippen LogP) is 2.09. The fraction of sp³-hybridized carbons (Fsp3) is 0.625. The van der Waals surface area contributed by atoms with Crippen LogP contribution in [0.3, 0.4) is 0 Å². The third kappa shape index (κ3) is 4.28. The highest BCUT2D eigenvalue weighted by molar-refractivity contribution is 7.91. The van der Waals surface area contributed by atoms with Crippen molar-refractivity contribution < 1.29 is 13.5 Å². The first-order valence-corrected chi connectivity index (χ1v) is 9.39. The van der Waals surface area contributed by atoms with Gasteiger partial charge in [-0.3, -0.25) is 4.90 Å². The summed E-state index contributed by atoms with van der Waals surface area (Å²) in [5.41, 5.74) is 0. The van der Waals surface area contributed by atoms with Crippen molar-refractivity contribution in [1.82, 2.24) is 4.90 Å². The standard InChI is InChI=1S/C16H25NO3S/c1-2-16(18)15-10-6-7-11-17(15)12-13-21(19,20)14-8-4-3-5-9-14/h3-5,8-9,15-16,18H,2,6-7,10-13H2,1H3/t15-,16-/m1/s1. The molecule has 0 bridgehead atoms. The van der Waals surface area contributed by atoms with Crippen molar-refractivity contribution in [2.45, 2.75) is 49.6 Å². The molecule has 1 saturated heterocycles. The quantitative estimate of drug-likeness (QED) is 0.874. The second kappa shape index (κ2) is 7.38. The van der Waals surface area contributed by atoms with Crippen LogP contribution in [0.25, 0.3) is 0 Å². The first-order chi connectivity index (χ1) is 10.0. The minimum absolute atomic E-state index is 0.106. The molecule has 0 spiro atoms. The van der Waals surface area contributed by atoms with E-state index in [9.17, 15) is 13.5 Å². The van der Waals surface area contributed by atoms with E-state index < -0.39 is 9.84 Å². The van der Waals surface area contributed by atoms with E-state index >= 15 is 0 Å². The molecule has 1 aliphatic heterocycles. The van der Waals surface area contributed by atoms with E-state index in [0.717, 1.165) is 25.8 Å². The van der Waals surface area contributed by atoms with E-state index in [2.05, 4.69) is 4.90 Å². The summed E-state index contributed by atoms with van der Waals surface area (Å²) in [5.74, 6) is 0.115. The minimum Gasteiger partial charge on any atom is -0.392 e. The Morgan fingerprint density at radius 1 is 1.29 bits per heavy atom. The lowest BCUT2D eigenvalue weighted by molar-refractivity contribution is 0.0275. The van der Waals surface area contributed by atoms with Gasteiger partial charge in [0, 0.05) is 12.6 Å². The van der Waals surface area contributed by atoms with Gasteiger partial charge in [-0.15, -0.1) is 0 Å². The van der Waals surface area contributed by atoms with Crippen molar-refractivity contribution in [3.8, 4) is 0 Å². The molecule has 1 aliphatic rings. The highest BCUT2D eigenvalue weighted by Crippen LogP contribution is 2.22. The van der Waals surface area contributed by atoms with Crippen molar-refractivity contribution in [2.24, 2.45) is 0 Å². The average molecular weight is 311 g/mol. The fourth-order valence-electron chi connectivity index (χ4n) is 2.99. The molecule has 5 heteroatoms. The zero-order valence-corrected chi connectivity index (χ0v) is 13.4. The molecule has 1 heterocycles. The Balaban J connectivity index is 2.00. The lowest BCUT2D eigenvalue weighted by Crippen LogP contribution is -2.48. The molecule has 0 aliphatic carbocycles. The number of piperidine rings is 1. The normalized spacial score (nSPS) is 22.1. The number of aliphatic hydroxyl groups is 1. The maximum atomic E-state index is 12.3. The van der Waals surface area contributed by atoms with Crippen LogP contribution in [-0.2, 0) is 9.84 Å². The molecule has 0 aromatic heterocycles. The number of hydrogen-bond acceptors (Lipinski definition) is 4. The number of likely N-dealkylation sites (tertiary alicyclic amines) is 1. The van der Waals surface area contributed by atoms with Gasteiger partial charge in [0.05, 0.1) is 16.8 Å². The van der Waals surface area contributed by atoms with Crippen LogP contribution >= 0.6 is 0 Å². The van der Waals surface area contributed by atoms with Gasteiger partial charge in [-0.2, -0.15) is 0 Å². The summed E-state index contributed by atoms with van der Waals surface area (Å²) in [5, 5.41) is 10.1. The third-order valence-electron chi connectivity index (χ3n) is 4.28. The van der Waals surface area contributed by atoms with Gasteiger partial charge in [-0.1, -0.05) is 31.5 Å². The Bertz CT molecular complexity index is 530. The molecule has 1 fully saturated rings. The highest BCUT2D eigenvalue weighted by Gasteiger charge is 2.28. The Morgan fingerprint density at radius 2 is 2.00 bits per heavy atom. The van der Waals surface area contributed by atoms with Crippen molar-refractivity contribution >= 4 is 9.84 Å². The van der Waals surface area contributed by atoms with Crippen LogP contribution in [-0.4, -0.2) is 49.4 Å². The number of benzene rings is 1. The summed E-state index contributed by atoms with van der Waals surface area (Å²) in [6, 6.07) is 8.70. The van der Waals surface area contributed by atoms with Crippen LogP contribution in [0.2, 0.25) is 0 Å². The van der Waals surface area contributed by atoms with Crippen LogP contribution in [0.4, 0.5) is 0 Å². The SMILES string of the molecule is CC[C@@H](O)[C@H]1CCCCN1CCS(=O)(=O)c1ccccc1. The molecule has 2 atom stereocenters. The molecule has 0 amide bonds. The Morgan fingerprint density at radius 3 is 2.67 bits per heavy atom. The maximum Gasteiger partial charge on any atom is 0.179 e. The number of rotatable bonds is 6. The van der Waals surface area contributed by atoms with Crippen LogP contribution in [0.1, 0.15) is 32.6 Å². The second-order valence-corrected chi connectivity index (χ2v) is 7.82. The molecule has 1 N–H and O–H groups in total. The van der Waals surface area contributed by atoms with Crippen LogP contribution in [0, 0.1) is 0 Å². The summed E-state index contributed by atoms with van der Waals surface area (Å²) >= 11 is 0. The number of sulfone groups is 1. The molecule has 1 aromatic carbocycles. The van der Waals surface area contributed by atoms with Gasteiger partial charge < -0.3 is 5.11 Å². The van der Waals surface area contributed by atoms with Crippen molar-refractivity contribution in [3.63, 3.8) is 0 Å². The molecule has 1 aromatic rings. The third-order valence-corrected chi connectivity index (χ3v) is 5.99. The summed E-state index contributed by atoms with van der Waals surface area (Å²) in [6.07, 6.45) is 3.51. The molecular formula is C16H25NO3S. The molecular weight excluding hydrogens is 286 g/mol. The van der Waals surface area contributed by atoms with Crippen LogP contribution in [0.15, 0.2) is 35.2 Å². The van der Waals surface area contributed by atoms with Crippen molar-refractivity contribution in [2.75, 3.05) is 18.8 Å². The topological polar surface area (TPSA) is 57.6 Å². The minimum atomic E-state index is -3.24. The first-order valence-electron chi connectivity index (χ1n) is 7.74. The molecule has 21 heavy (non-hydrogen) atoms. The fourth-order valence-corrected chi connectivity index (χ4v) is 4.27. The van der Waals surface area contributed by atoms with E-state index in [4.69, 9.17) is 0 Å². The Hall–Kier alpha value is -0.910. The lowest BCUT2D eigenvalue weighted by atomic mass is 9.96. The second-order valence-electron chi connectivity index (χ2n) is 5.71. The van der Waals surface area contributed by atoms with E-state index in [-0.39, 0.29) is 17.9 Å². The van der Waals surface area contributed by atoms with Gasteiger partial charge in [0.15, 0.2) is 9.84 Å². The molecule has 0 unspecified atom stereocenters. The summed E-state index contributed by atoms with van der Waals surface area (Å²) in [6.45, 7) is 3.35. The highest BCUT2D eigenvalue weighted by atomic mass is 32.2. The zero-order valence-electron chi connectivity index (χ0n) is 12.6. The van der Waals surface area contributed by atoms with Gasteiger partial charge in [0.1, 0.15) is 0 Å².